The van der Waals surface area contributed by atoms with Crippen molar-refractivity contribution in [3.8, 4) is 5.69 Å². The minimum absolute atomic E-state index is 0.678. The Labute approximate surface area is 107 Å². The van der Waals surface area contributed by atoms with Crippen molar-refractivity contribution in [2.45, 2.75) is 34.1 Å². The van der Waals surface area contributed by atoms with Crippen LogP contribution in [0.1, 0.15) is 29.3 Å². The Balaban J connectivity index is 2.63. The number of hydrogen-bond acceptors (Lipinski definition) is 1. The zero-order valence-electron chi connectivity index (χ0n) is 10.7. The van der Waals surface area contributed by atoms with E-state index in [9.17, 15) is 0 Å². The molecule has 1 aromatic carbocycles. The topological polar surface area (TPSA) is 17.8 Å². The van der Waals surface area contributed by atoms with Gasteiger partial charge in [-0.3, -0.25) is 0 Å². The first-order valence-corrected chi connectivity index (χ1v) is 6.23. The molecule has 0 aliphatic rings. The smallest absolute Gasteiger partial charge is 0.133 e. The van der Waals surface area contributed by atoms with Gasteiger partial charge in [-0.15, -0.1) is 0 Å². The first kappa shape index (κ1) is 12.2. The zero-order valence-corrected chi connectivity index (χ0v) is 11.5. The second-order valence-electron chi connectivity index (χ2n) is 4.47. The Bertz CT molecular complexity index is 532. The van der Waals surface area contributed by atoms with Crippen LogP contribution in [0.3, 0.4) is 0 Å². The van der Waals surface area contributed by atoms with Crippen LogP contribution in [-0.4, -0.2) is 9.78 Å². The molecule has 0 saturated carbocycles. The lowest BCUT2D eigenvalue weighted by Crippen LogP contribution is -2.03. The molecular formula is C14H17ClN2. The maximum Gasteiger partial charge on any atom is 0.133 e. The summed E-state index contributed by atoms with van der Waals surface area (Å²) in [7, 11) is 0. The lowest BCUT2D eigenvalue weighted by atomic mass is 10.1. The molecule has 0 aliphatic carbocycles. The summed E-state index contributed by atoms with van der Waals surface area (Å²) in [6.45, 7) is 8.38. The summed E-state index contributed by atoms with van der Waals surface area (Å²) >= 11 is 6.24. The molecule has 0 spiro atoms. The summed E-state index contributed by atoms with van der Waals surface area (Å²) in [5.41, 5.74) is 5.79. The summed E-state index contributed by atoms with van der Waals surface area (Å²) in [5, 5.41) is 5.21. The lowest BCUT2D eigenvalue weighted by molar-refractivity contribution is 0.830. The van der Waals surface area contributed by atoms with Crippen molar-refractivity contribution in [2.75, 3.05) is 0 Å². The molecular weight excluding hydrogens is 232 g/mol. The van der Waals surface area contributed by atoms with E-state index in [1.54, 1.807) is 0 Å². The summed E-state index contributed by atoms with van der Waals surface area (Å²) in [6, 6.07) is 6.25. The van der Waals surface area contributed by atoms with Crippen molar-refractivity contribution in [3.05, 3.63) is 45.7 Å². The molecule has 0 bridgehead atoms. The van der Waals surface area contributed by atoms with E-state index < -0.39 is 0 Å². The Morgan fingerprint density at radius 3 is 2.18 bits per heavy atom. The number of aryl methyl sites for hydroxylation is 4. The molecule has 1 heterocycles. The number of aromatic nitrogens is 2. The second kappa shape index (κ2) is 4.53. The quantitative estimate of drug-likeness (QED) is 0.785. The van der Waals surface area contributed by atoms with Crippen LogP contribution < -0.4 is 0 Å². The Hall–Kier alpha value is -1.28. The van der Waals surface area contributed by atoms with Crippen LogP contribution >= 0.6 is 11.6 Å². The number of benzene rings is 1. The highest BCUT2D eigenvalue weighted by molar-refractivity contribution is 6.29. The Morgan fingerprint density at radius 2 is 1.71 bits per heavy atom. The molecule has 0 N–H and O–H groups in total. The van der Waals surface area contributed by atoms with E-state index in [0.29, 0.717) is 5.15 Å². The van der Waals surface area contributed by atoms with Gasteiger partial charge in [0.2, 0.25) is 0 Å². The fourth-order valence-electron chi connectivity index (χ4n) is 2.24. The van der Waals surface area contributed by atoms with Gasteiger partial charge in [-0.05, 0) is 44.4 Å². The van der Waals surface area contributed by atoms with E-state index in [4.69, 9.17) is 11.6 Å². The number of halogens is 1. The first-order valence-electron chi connectivity index (χ1n) is 5.85. The van der Waals surface area contributed by atoms with Crippen LogP contribution in [0, 0.1) is 20.8 Å². The molecule has 0 saturated heterocycles. The number of nitrogens with zero attached hydrogens (tertiary/aromatic N) is 2. The third kappa shape index (κ3) is 2.22. The summed E-state index contributed by atoms with van der Waals surface area (Å²) < 4.78 is 1.84. The maximum atomic E-state index is 6.24. The third-order valence-electron chi connectivity index (χ3n) is 2.93. The highest BCUT2D eigenvalue weighted by atomic mass is 35.5. The average molecular weight is 249 g/mol. The highest BCUT2D eigenvalue weighted by Crippen LogP contribution is 2.24. The van der Waals surface area contributed by atoms with Gasteiger partial charge in [0.25, 0.3) is 0 Å². The van der Waals surface area contributed by atoms with Crippen LogP contribution in [0.5, 0.6) is 0 Å². The predicted octanol–water partition coefficient (Wildman–Crippen LogP) is 4.01. The number of rotatable bonds is 2. The molecule has 0 atom stereocenters. The van der Waals surface area contributed by atoms with Gasteiger partial charge in [0, 0.05) is 0 Å². The predicted molar refractivity (Wildman–Crippen MR) is 72.2 cm³/mol. The molecule has 0 radical (unpaired) electrons. The highest BCUT2D eigenvalue weighted by Gasteiger charge is 2.11. The van der Waals surface area contributed by atoms with Crippen molar-refractivity contribution in [1.82, 2.24) is 9.78 Å². The Morgan fingerprint density at radius 1 is 1.12 bits per heavy atom. The standard InChI is InChI=1S/C14H17ClN2/c1-5-12-8-13(15)17(16-12)14-10(3)6-9(2)7-11(14)4/h6-8H,5H2,1-4H3. The van der Waals surface area contributed by atoms with Crippen molar-refractivity contribution >= 4 is 11.6 Å². The summed E-state index contributed by atoms with van der Waals surface area (Å²) in [5.74, 6) is 0. The molecule has 2 nitrogen and oxygen atoms in total. The van der Waals surface area contributed by atoms with Crippen molar-refractivity contribution < 1.29 is 0 Å². The molecule has 2 aromatic rings. The minimum Gasteiger partial charge on any atom is -0.221 e. The van der Waals surface area contributed by atoms with Crippen LogP contribution in [-0.2, 0) is 6.42 Å². The van der Waals surface area contributed by atoms with Gasteiger partial charge in [-0.25, -0.2) is 4.68 Å². The normalized spacial score (nSPS) is 10.9. The van der Waals surface area contributed by atoms with Crippen molar-refractivity contribution in [3.63, 3.8) is 0 Å². The molecule has 17 heavy (non-hydrogen) atoms. The van der Waals surface area contributed by atoms with Crippen LogP contribution in [0.25, 0.3) is 5.69 Å². The molecule has 0 unspecified atom stereocenters. The molecule has 90 valence electrons. The molecule has 3 heteroatoms. The van der Waals surface area contributed by atoms with Gasteiger partial charge < -0.3 is 0 Å². The third-order valence-corrected chi connectivity index (χ3v) is 3.20. The molecule has 0 fully saturated rings. The average Bonchev–Trinajstić information content (AvgIpc) is 2.59. The van der Waals surface area contributed by atoms with Gasteiger partial charge in [-0.2, -0.15) is 5.10 Å². The van der Waals surface area contributed by atoms with E-state index in [1.165, 1.54) is 16.7 Å². The monoisotopic (exact) mass is 248 g/mol. The number of hydrogen-bond donors (Lipinski definition) is 0. The van der Waals surface area contributed by atoms with Gasteiger partial charge in [0.05, 0.1) is 11.4 Å². The van der Waals surface area contributed by atoms with E-state index in [1.807, 2.05) is 10.7 Å². The molecule has 0 amide bonds. The summed E-state index contributed by atoms with van der Waals surface area (Å²) in [4.78, 5) is 0. The van der Waals surface area contributed by atoms with Gasteiger partial charge >= 0.3 is 0 Å². The fourth-order valence-corrected chi connectivity index (χ4v) is 2.49. The minimum atomic E-state index is 0.678. The van der Waals surface area contributed by atoms with E-state index in [-0.39, 0.29) is 0 Å². The maximum absolute atomic E-state index is 6.24. The van der Waals surface area contributed by atoms with Crippen LogP contribution in [0.4, 0.5) is 0 Å². The van der Waals surface area contributed by atoms with Gasteiger partial charge in [-0.1, -0.05) is 36.2 Å². The zero-order chi connectivity index (χ0) is 12.6. The van der Waals surface area contributed by atoms with Crippen molar-refractivity contribution in [2.24, 2.45) is 0 Å². The van der Waals surface area contributed by atoms with E-state index in [0.717, 1.165) is 17.8 Å². The first-order chi connectivity index (χ1) is 8.02. The SMILES string of the molecule is CCc1cc(Cl)n(-c2c(C)cc(C)cc2C)n1. The van der Waals surface area contributed by atoms with Gasteiger partial charge in [0.15, 0.2) is 0 Å². The van der Waals surface area contributed by atoms with E-state index in [2.05, 4.69) is 44.9 Å². The molecule has 2 rings (SSSR count). The van der Waals surface area contributed by atoms with E-state index >= 15 is 0 Å². The fraction of sp³-hybridized carbons (Fsp3) is 0.357. The van der Waals surface area contributed by atoms with Gasteiger partial charge in [0.1, 0.15) is 5.15 Å². The van der Waals surface area contributed by atoms with Crippen molar-refractivity contribution in [1.29, 1.82) is 0 Å². The molecule has 0 aliphatic heterocycles. The largest absolute Gasteiger partial charge is 0.221 e. The Kier molecular flexibility index (Phi) is 3.25. The van der Waals surface area contributed by atoms with Crippen LogP contribution in [0.2, 0.25) is 5.15 Å². The second-order valence-corrected chi connectivity index (χ2v) is 4.86. The van der Waals surface area contributed by atoms with Crippen LogP contribution in [0.15, 0.2) is 18.2 Å². The lowest BCUT2D eigenvalue weighted by Gasteiger charge is -2.12. The molecule has 1 aromatic heterocycles. The summed E-state index contributed by atoms with van der Waals surface area (Å²) in [6.07, 6.45) is 0.899.